The SMILES string of the molecule is COC(=O)c1ccc(C(=O)NCc2ccc(C)cc2Cl)cc1. The molecule has 22 heavy (non-hydrogen) atoms. The van der Waals surface area contributed by atoms with Crippen LogP contribution in [-0.4, -0.2) is 19.0 Å². The Morgan fingerprint density at radius 1 is 1.09 bits per heavy atom. The lowest BCUT2D eigenvalue weighted by atomic mass is 10.1. The Morgan fingerprint density at radius 2 is 1.73 bits per heavy atom. The molecule has 0 aliphatic rings. The molecular formula is C17H16ClNO3. The molecule has 0 saturated heterocycles. The Morgan fingerprint density at radius 3 is 2.32 bits per heavy atom. The highest BCUT2D eigenvalue weighted by molar-refractivity contribution is 6.31. The molecule has 0 aromatic heterocycles. The van der Waals surface area contributed by atoms with Crippen LogP contribution in [0.15, 0.2) is 42.5 Å². The molecule has 5 heteroatoms. The van der Waals surface area contributed by atoms with Crippen molar-refractivity contribution in [2.75, 3.05) is 7.11 Å². The van der Waals surface area contributed by atoms with E-state index < -0.39 is 5.97 Å². The van der Waals surface area contributed by atoms with Crippen LogP contribution in [0.4, 0.5) is 0 Å². The summed E-state index contributed by atoms with van der Waals surface area (Å²) in [6, 6.07) is 12.0. The normalized spacial score (nSPS) is 10.1. The number of methoxy groups -OCH3 is 1. The number of aryl methyl sites for hydroxylation is 1. The van der Waals surface area contributed by atoms with Gasteiger partial charge in [0.05, 0.1) is 12.7 Å². The molecule has 0 radical (unpaired) electrons. The van der Waals surface area contributed by atoms with Crippen LogP contribution >= 0.6 is 11.6 Å². The number of hydrogen-bond acceptors (Lipinski definition) is 3. The summed E-state index contributed by atoms with van der Waals surface area (Å²) in [5.41, 5.74) is 2.79. The first-order chi connectivity index (χ1) is 10.5. The van der Waals surface area contributed by atoms with Crippen molar-refractivity contribution in [3.8, 4) is 0 Å². The van der Waals surface area contributed by atoms with Crippen molar-refractivity contribution in [1.29, 1.82) is 0 Å². The highest BCUT2D eigenvalue weighted by Crippen LogP contribution is 2.17. The number of ether oxygens (including phenoxy) is 1. The van der Waals surface area contributed by atoms with Crippen molar-refractivity contribution in [3.05, 3.63) is 69.7 Å². The fraction of sp³-hybridized carbons (Fsp3) is 0.176. The first kappa shape index (κ1) is 16.0. The molecule has 2 aromatic rings. The predicted octanol–water partition coefficient (Wildman–Crippen LogP) is 3.37. The highest BCUT2D eigenvalue weighted by atomic mass is 35.5. The predicted molar refractivity (Wildman–Crippen MR) is 85.1 cm³/mol. The van der Waals surface area contributed by atoms with Crippen LogP contribution in [0.2, 0.25) is 5.02 Å². The quantitative estimate of drug-likeness (QED) is 0.880. The van der Waals surface area contributed by atoms with E-state index in [1.54, 1.807) is 24.3 Å². The van der Waals surface area contributed by atoms with E-state index in [2.05, 4.69) is 10.1 Å². The summed E-state index contributed by atoms with van der Waals surface area (Å²) in [6.45, 7) is 2.30. The second-order valence-corrected chi connectivity index (χ2v) is 5.25. The molecule has 0 bridgehead atoms. The number of halogens is 1. The second kappa shape index (κ2) is 7.09. The zero-order valence-electron chi connectivity index (χ0n) is 12.4. The number of amides is 1. The van der Waals surface area contributed by atoms with Gasteiger partial charge in [-0.1, -0.05) is 23.7 Å². The van der Waals surface area contributed by atoms with E-state index in [0.717, 1.165) is 11.1 Å². The van der Waals surface area contributed by atoms with Gasteiger partial charge in [-0.15, -0.1) is 0 Å². The minimum absolute atomic E-state index is 0.229. The Labute approximate surface area is 134 Å². The molecule has 0 atom stereocenters. The minimum Gasteiger partial charge on any atom is -0.465 e. The van der Waals surface area contributed by atoms with Gasteiger partial charge in [0, 0.05) is 17.1 Å². The van der Waals surface area contributed by atoms with Gasteiger partial charge in [-0.05, 0) is 48.4 Å². The van der Waals surface area contributed by atoms with Crippen LogP contribution in [0.5, 0.6) is 0 Å². The molecule has 0 fully saturated rings. The molecule has 1 amide bonds. The third kappa shape index (κ3) is 3.86. The van der Waals surface area contributed by atoms with Gasteiger partial charge in [0.2, 0.25) is 0 Å². The van der Waals surface area contributed by atoms with Gasteiger partial charge >= 0.3 is 5.97 Å². The monoisotopic (exact) mass is 317 g/mol. The molecule has 0 unspecified atom stereocenters. The summed E-state index contributed by atoms with van der Waals surface area (Å²) < 4.78 is 4.61. The third-order valence-corrected chi connectivity index (χ3v) is 3.57. The van der Waals surface area contributed by atoms with Crippen LogP contribution in [0.1, 0.15) is 31.8 Å². The zero-order valence-corrected chi connectivity index (χ0v) is 13.1. The Kier molecular flexibility index (Phi) is 5.17. The smallest absolute Gasteiger partial charge is 0.337 e. The van der Waals surface area contributed by atoms with Gasteiger partial charge in [-0.25, -0.2) is 4.79 Å². The minimum atomic E-state index is -0.432. The first-order valence-corrected chi connectivity index (χ1v) is 7.10. The van der Waals surface area contributed by atoms with E-state index in [9.17, 15) is 9.59 Å². The summed E-state index contributed by atoms with van der Waals surface area (Å²) in [4.78, 5) is 23.4. The number of carbonyl (C=O) groups is 2. The van der Waals surface area contributed by atoms with Crippen molar-refractivity contribution >= 4 is 23.5 Å². The van der Waals surface area contributed by atoms with E-state index in [1.807, 2.05) is 25.1 Å². The van der Waals surface area contributed by atoms with E-state index in [1.165, 1.54) is 7.11 Å². The average Bonchev–Trinajstić information content (AvgIpc) is 2.53. The molecule has 0 aliphatic carbocycles. The lowest BCUT2D eigenvalue weighted by Crippen LogP contribution is -2.23. The number of benzene rings is 2. The Bertz CT molecular complexity index is 696. The number of rotatable bonds is 4. The zero-order chi connectivity index (χ0) is 16.1. The van der Waals surface area contributed by atoms with Crippen LogP contribution < -0.4 is 5.32 Å². The molecule has 0 aliphatic heterocycles. The summed E-state index contributed by atoms with van der Waals surface area (Å²) in [6.07, 6.45) is 0. The largest absolute Gasteiger partial charge is 0.465 e. The van der Waals surface area contributed by atoms with Gasteiger partial charge in [-0.2, -0.15) is 0 Å². The van der Waals surface area contributed by atoms with Gasteiger partial charge < -0.3 is 10.1 Å². The van der Waals surface area contributed by atoms with Crippen molar-refractivity contribution in [1.82, 2.24) is 5.32 Å². The molecule has 1 N–H and O–H groups in total. The third-order valence-electron chi connectivity index (χ3n) is 3.22. The van der Waals surface area contributed by atoms with Crippen LogP contribution in [0, 0.1) is 6.92 Å². The van der Waals surface area contributed by atoms with Crippen molar-refractivity contribution in [3.63, 3.8) is 0 Å². The first-order valence-electron chi connectivity index (χ1n) is 6.73. The Hall–Kier alpha value is -2.33. The summed E-state index contributed by atoms with van der Waals surface area (Å²) in [5.74, 6) is -0.661. The van der Waals surface area contributed by atoms with Crippen LogP contribution in [-0.2, 0) is 11.3 Å². The van der Waals surface area contributed by atoms with E-state index in [4.69, 9.17) is 11.6 Å². The van der Waals surface area contributed by atoms with Crippen molar-refractivity contribution < 1.29 is 14.3 Å². The number of nitrogens with one attached hydrogen (secondary N) is 1. The standard InChI is InChI=1S/C17H16ClNO3/c1-11-3-4-14(15(18)9-11)10-19-16(20)12-5-7-13(8-6-12)17(21)22-2/h3-9H,10H2,1-2H3,(H,19,20). The van der Waals surface area contributed by atoms with Crippen LogP contribution in [0.3, 0.4) is 0 Å². The number of esters is 1. The summed E-state index contributed by atoms with van der Waals surface area (Å²) in [7, 11) is 1.31. The molecule has 2 aromatic carbocycles. The average molecular weight is 318 g/mol. The van der Waals surface area contributed by atoms with Crippen molar-refractivity contribution in [2.24, 2.45) is 0 Å². The van der Waals surface area contributed by atoms with Crippen LogP contribution in [0.25, 0.3) is 0 Å². The molecule has 0 saturated carbocycles. The lowest BCUT2D eigenvalue weighted by molar-refractivity contribution is 0.0600. The Balaban J connectivity index is 2.01. The van der Waals surface area contributed by atoms with E-state index >= 15 is 0 Å². The van der Waals surface area contributed by atoms with Gasteiger partial charge in [0.15, 0.2) is 0 Å². The molecule has 0 heterocycles. The highest BCUT2D eigenvalue weighted by Gasteiger charge is 2.09. The maximum atomic E-state index is 12.1. The lowest BCUT2D eigenvalue weighted by Gasteiger charge is -2.08. The molecule has 0 spiro atoms. The number of hydrogen-bond donors (Lipinski definition) is 1. The molecular weight excluding hydrogens is 302 g/mol. The topological polar surface area (TPSA) is 55.4 Å². The number of carbonyl (C=O) groups excluding carboxylic acids is 2. The van der Waals surface area contributed by atoms with Crippen molar-refractivity contribution in [2.45, 2.75) is 13.5 Å². The summed E-state index contributed by atoms with van der Waals surface area (Å²) >= 11 is 6.13. The fourth-order valence-electron chi connectivity index (χ4n) is 1.95. The molecule has 4 nitrogen and oxygen atoms in total. The second-order valence-electron chi connectivity index (χ2n) is 4.85. The van der Waals surface area contributed by atoms with E-state index in [-0.39, 0.29) is 5.91 Å². The maximum absolute atomic E-state index is 12.1. The fourth-order valence-corrected chi connectivity index (χ4v) is 2.25. The molecule has 114 valence electrons. The molecule has 2 rings (SSSR count). The van der Waals surface area contributed by atoms with Gasteiger partial charge in [0.1, 0.15) is 0 Å². The maximum Gasteiger partial charge on any atom is 0.337 e. The van der Waals surface area contributed by atoms with Gasteiger partial charge in [0.25, 0.3) is 5.91 Å². The van der Waals surface area contributed by atoms with E-state index in [0.29, 0.717) is 22.7 Å². The van der Waals surface area contributed by atoms with Gasteiger partial charge in [-0.3, -0.25) is 4.79 Å². The summed E-state index contributed by atoms with van der Waals surface area (Å²) in [5, 5.41) is 3.42.